The molecule has 2 fully saturated rings. The van der Waals surface area contributed by atoms with E-state index in [0.29, 0.717) is 55.7 Å². The molecule has 8 heteroatoms. The first-order chi connectivity index (χ1) is 15.4. The minimum atomic E-state index is -0.149. The first-order valence-electron chi connectivity index (χ1n) is 11.3. The molecule has 2 saturated heterocycles. The van der Waals surface area contributed by atoms with Crippen LogP contribution < -0.4 is 5.43 Å². The maximum Gasteiger partial charge on any atom is 0.236 e. The molecule has 1 aromatic carbocycles. The molecule has 0 unspecified atom stereocenters. The lowest BCUT2D eigenvalue weighted by atomic mass is 10.1. The van der Waals surface area contributed by atoms with E-state index >= 15 is 0 Å². The van der Waals surface area contributed by atoms with Gasteiger partial charge in [0, 0.05) is 58.4 Å². The smallest absolute Gasteiger partial charge is 0.236 e. The summed E-state index contributed by atoms with van der Waals surface area (Å²) in [5.41, 5.74) is 2.03. The van der Waals surface area contributed by atoms with Crippen LogP contribution in [0, 0.1) is 6.92 Å². The van der Waals surface area contributed by atoms with E-state index in [9.17, 15) is 14.4 Å². The number of likely N-dealkylation sites (tertiary alicyclic amines) is 1. The molecule has 2 aliphatic rings. The summed E-state index contributed by atoms with van der Waals surface area (Å²) in [6.07, 6.45) is 3.66. The summed E-state index contributed by atoms with van der Waals surface area (Å²) in [5.74, 6) is 0.218. The zero-order valence-corrected chi connectivity index (χ0v) is 18.8. The van der Waals surface area contributed by atoms with Gasteiger partial charge >= 0.3 is 0 Å². The molecule has 8 nitrogen and oxygen atoms in total. The molecule has 0 radical (unpaired) electrons. The zero-order chi connectivity index (χ0) is 22.7. The molecule has 0 bridgehead atoms. The van der Waals surface area contributed by atoms with Gasteiger partial charge < -0.3 is 19.0 Å². The van der Waals surface area contributed by atoms with Crippen LogP contribution in [0.25, 0.3) is 11.0 Å². The fourth-order valence-corrected chi connectivity index (χ4v) is 4.56. The number of fused-ring (bicyclic) bond motifs is 1. The van der Waals surface area contributed by atoms with E-state index in [4.69, 9.17) is 9.15 Å². The third-order valence-corrected chi connectivity index (χ3v) is 6.35. The quantitative estimate of drug-likeness (QED) is 0.651. The maximum atomic E-state index is 13.0. The Labute approximate surface area is 187 Å². The summed E-state index contributed by atoms with van der Waals surface area (Å²) in [4.78, 5) is 43.4. The second-order valence-corrected chi connectivity index (χ2v) is 8.79. The lowest BCUT2D eigenvalue weighted by Crippen LogP contribution is -2.39. The summed E-state index contributed by atoms with van der Waals surface area (Å²) >= 11 is 0. The lowest BCUT2D eigenvalue weighted by molar-refractivity contribution is -0.131. The Hall–Kier alpha value is -2.71. The van der Waals surface area contributed by atoms with Crippen molar-refractivity contribution in [2.45, 2.75) is 38.8 Å². The Bertz CT molecular complexity index is 1050. The molecule has 1 aromatic heterocycles. The van der Waals surface area contributed by atoms with Crippen LogP contribution in [0.4, 0.5) is 0 Å². The van der Waals surface area contributed by atoms with Gasteiger partial charge in [0.1, 0.15) is 5.58 Å². The molecule has 0 N–H and O–H groups in total. The van der Waals surface area contributed by atoms with Crippen molar-refractivity contribution in [1.82, 2.24) is 14.7 Å². The molecular formula is C24H31N3O5. The maximum absolute atomic E-state index is 13.0. The van der Waals surface area contributed by atoms with E-state index in [0.717, 1.165) is 24.9 Å². The van der Waals surface area contributed by atoms with Gasteiger partial charge in [-0.3, -0.25) is 19.3 Å². The summed E-state index contributed by atoms with van der Waals surface area (Å²) in [6, 6.07) is 5.55. The van der Waals surface area contributed by atoms with E-state index in [2.05, 4.69) is 0 Å². The van der Waals surface area contributed by atoms with Gasteiger partial charge in [0.2, 0.25) is 11.8 Å². The number of methoxy groups -OCH3 is 1. The average Bonchev–Trinajstić information content (AvgIpc) is 3.11. The number of benzene rings is 1. The molecule has 172 valence electrons. The van der Waals surface area contributed by atoms with E-state index in [-0.39, 0.29) is 29.9 Å². The summed E-state index contributed by atoms with van der Waals surface area (Å²) in [6.45, 7) is 5.63. The SMILES string of the molecule is CO[C@@H]1CN(Cc2coc3ccc(C)cc3c2=O)CC(=O)N(CCCN2CCCC2=O)C1. The minimum Gasteiger partial charge on any atom is -0.464 e. The van der Waals surface area contributed by atoms with Crippen LogP contribution in [-0.4, -0.2) is 79.0 Å². The van der Waals surface area contributed by atoms with Crippen molar-refractivity contribution in [2.24, 2.45) is 0 Å². The normalized spacial score (nSPS) is 20.4. The molecule has 3 heterocycles. The van der Waals surface area contributed by atoms with Crippen molar-refractivity contribution in [3.05, 3.63) is 45.8 Å². The number of aryl methyl sites for hydroxylation is 1. The van der Waals surface area contributed by atoms with Crippen LogP contribution >= 0.6 is 0 Å². The second-order valence-electron chi connectivity index (χ2n) is 8.79. The van der Waals surface area contributed by atoms with Crippen molar-refractivity contribution in [1.29, 1.82) is 0 Å². The van der Waals surface area contributed by atoms with Crippen LogP contribution in [0.15, 0.2) is 33.7 Å². The number of ether oxygens (including phenoxy) is 1. The van der Waals surface area contributed by atoms with Crippen LogP contribution in [0.3, 0.4) is 0 Å². The van der Waals surface area contributed by atoms with Crippen molar-refractivity contribution in [2.75, 3.05) is 46.4 Å². The van der Waals surface area contributed by atoms with Gasteiger partial charge in [-0.05, 0) is 31.9 Å². The van der Waals surface area contributed by atoms with Crippen molar-refractivity contribution >= 4 is 22.8 Å². The molecule has 2 aliphatic heterocycles. The van der Waals surface area contributed by atoms with Crippen LogP contribution in [-0.2, 0) is 20.9 Å². The Morgan fingerprint density at radius 3 is 2.66 bits per heavy atom. The Balaban J connectivity index is 1.42. The first kappa shape index (κ1) is 22.5. The van der Waals surface area contributed by atoms with E-state index in [1.165, 1.54) is 6.26 Å². The van der Waals surface area contributed by atoms with E-state index in [1.54, 1.807) is 13.2 Å². The number of carbonyl (C=O) groups excluding carboxylic acids is 2. The van der Waals surface area contributed by atoms with Gasteiger partial charge in [0.05, 0.1) is 24.3 Å². The third kappa shape index (κ3) is 5.02. The number of carbonyl (C=O) groups is 2. The number of hydrogen-bond acceptors (Lipinski definition) is 6. The average molecular weight is 442 g/mol. The molecule has 2 amide bonds. The van der Waals surface area contributed by atoms with Gasteiger partial charge in [-0.25, -0.2) is 0 Å². The van der Waals surface area contributed by atoms with E-state index < -0.39 is 0 Å². The standard InChI is InChI=1S/C24H31N3O5/c1-17-6-7-21-20(11-17)24(30)18(16-32-21)12-25-13-19(31-2)14-27(23(29)15-25)10-4-9-26-8-3-5-22(26)28/h6-7,11,16,19H,3-5,8-10,12-15H2,1-2H3/t19-/m1/s1. The Morgan fingerprint density at radius 1 is 1.09 bits per heavy atom. The Kier molecular flexibility index (Phi) is 6.91. The summed E-state index contributed by atoms with van der Waals surface area (Å²) in [7, 11) is 1.65. The largest absolute Gasteiger partial charge is 0.464 e. The summed E-state index contributed by atoms with van der Waals surface area (Å²) < 4.78 is 11.3. The topological polar surface area (TPSA) is 83.3 Å². The highest BCUT2D eigenvalue weighted by Gasteiger charge is 2.29. The first-order valence-corrected chi connectivity index (χ1v) is 11.3. The van der Waals surface area contributed by atoms with Gasteiger partial charge in [-0.2, -0.15) is 0 Å². The number of amides is 2. The fourth-order valence-electron chi connectivity index (χ4n) is 4.56. The van der Waals surface area contributed by atoms with Gasteiger partial charge in [-0.15, -0.1) is 0 Å². The van der Waals surface area contributed by atoms with Crippen LogP contribution in [0.1, 0.15) is 30.4 Å². The molecule has 0 aliphatic carbocycles. The van der Waals surface area contributed by atoms with Crippen molar-refractivity contribution < 1.29 is 18.7 Å². The highest BCUT2D eigenvalue weighted by atomic mass is 16.5. The van der Waals surface area contributed by atoms with Gasteiger partial charge in [0.25, 0.3) is 0 Å². The molecule has 0 spiro atoms. The third-order valence-electron chi connectivity index (χ3n) is 6.35. The van der Waals surface area contributed by atoms with E-state index in [1.807, 2.05) is 33.8 Å². The monoisotopic (exact) mass is 441 g/mol. The molecule has 1 atom stereocenters. The molecular weight excluding hydrogens is 410 g/mol. The zero-order valence-electron chi connectivity index (χ0n) is 18.8. The molecule has 4 rings (SSSR count). The summed E-state index contributed by atoms with van der Waals surface area (Å²) in [5, 5.41) is 0.560. The van der Waals surface area contributed by atoms with Crippen LogP contribution in [0.5, 0.6) is 0 Å². The highest BCUT2D eigenvalue weighted by Crippen LogP contribution is 2.16. The van der Waals surface area contributed by atoms with Gasteiger partial charge in [-0.1, -0.05) is 11.6 Å². The Morgan fingerprint density at radius 2 is 1.91 bits per heavy atom. The fraction of sp³-hybridized carbons (Fsp3) is 0.542. The predicted octanol–water partition coefficient (Wildman–Crippen LogP) is 1.77. The minimum absolute atomic E-state index is 0.0123. The van der Waals surface area contributed by atoms with Crippen LogP contribution in [0.2, 0.25) is 0 Å². The van der Waals surface area contributed by atoms with Gasteiger partial charge in [0.15, 0.2) is 5.43 Å². The van der Waals surface area contributed by atoms with Crippen molar-refractivity contribution in [3.63, 3.8) is 0 Å². The molecule has 2 aromatic rings. The number of nitrogens with zero attached hydrogens (tertiary/aromatic N) is 3. The predicted molar refractivity (Wildman–Crippen MR) is 120 cm³/mol. The number of hydrogen-bond donors (Lipinski definition) is 0. The van der Waals surface area contributed by atoms with Crippen molar-refractivity contribution in [3.8, 4) is 0 Å². The second kappa shape index (κ2) is 9.83. The molecule has 0 saturated carbocycles. The number of rotatable bonds is 7. The lowest BCUT2D eigenvalue weighted by Gasteiger charge is -2.24. The molecule has 32 heavy (non-hydrogen) atoms. The highest BCUT2D eigenvalue weighted by molar-refractivity contribution is 5.79.